The van der Waals surface area contributed by atoms with Crippen molar-refractivity contribution in [2.24, 2.45) is 16.7 Å². The van der Waals surface area contributed by atoms with Crippen LogP contribution in [0.1, 0.15) is 44.2 Å². The molecule has 0 aromatic heterocycles. The first kappa shape index (κ1) is 51.9. The summed E-state index contributed by atoms with van der Waals surface area (Å²) in [5.41, 5.74) is 2.93. The molecule has 8 rings (SSSR count). The first-order valence-corrected chi connectivity index (χ1v) is 21.5. The van der Waals surface area contributed by atoms with E-state index in [1.54, 1.807) is 0 Å². The van der Waals surface area contributed by atoms with Crippen LogP contribution in [0.4, 0.5) is 0 Å². The average Bonchev–Trinajstić information content (AvgIpc) is 3.57. The molecule has 0 saturated heterocycles. The zero-order chi connectivity index (χ0) is 34.9. The maximum Gasteiger partial charge on any atom is 2.00 e. The van der Waals surface area contributed by atoms with E-state index >= 15 is 0 Å². The molecule has 1 nitrogen and oxygen atoms in total. The van der Waals surface area contributed by atoms with Gasteiger partial charge in [0.2, 0.25) is 0 Å². The molecular formula is C52H62Co2OP2-2. The normalized spacial score (nSPS) is 18.0. The van der Waals surface area contributed by atoms with Crippen LogP contribution < -0.4 is 21.2 Å². The molecule has 2 bridgehead atoms. The average molecular weight is 883 g/mol. The van der Waals surface area contributed by atoms with E-state index in [2.05, 4.69) is 172 Å². The Balaban J connectivity index is 0.000000698. The van der Waals surface area contributed by atoms with Gasteiger partial charge >= 0.3 is 16.8 Å². The summed E-state index contributed by atoms with van der Waals surface area (Å²) in [5.74, 6) is 0.738. The molecule has 6 aromatic rings. The Hall–Kier alpha value is -3.11. The van der Waals surface area contributed by atoms with E-state index in [0.29, 0.717) is 6.10 Å². The summed E-state index contributed by atoms with van der Waals surface area (Å²) >= 11 is 0. The summed E-state index contributed by atoms with van der Waals surface area (Å²) in [6.45, 7) is 5.11. The molecule has 2 aliphatic rings. The number of rotatable bonds is 11. The van der Waals surface area contributed by atoms with Gasteiger partial charge < -0.3 is 29.7 Å². The molecule has 0 aliphatic heterocycles. The maximum atomic E-state index is 7.45. The summed E-state index contributed by atoms with van der Waals surface area (Å²) in [7, 11) is -2.30. The van der Waals surface area contributed by atoms with E-state index in [0.717, 1.165) is 5.92 Å². The predicted octanol–water partition coefficient (Wildman–Crippen LogP) is 12.1. The smallest absolute Gasteiger partial charge is 0.358 e. The van der Waals surface area contributed by atoms with Crippen molar-refractivity contribution < 1.29 is 38.1 Å². The molecule has 0 amide bonds. The summed E-state index contributed by atoms with van der Waals surface area (Å²) < 4.78 is 7.45. The Labute approximate surface area is 370 Å². The van der Waals surface area contributed by atoms with Crippen LogP contribution in [-0.2, 0) is 38.1 Å². The molecule has 306 valence electrons. The van der Waals surface area contributed by atoms with Crippen molar-refractivity contribution in [3.05, 3.63) is 236 Å². The Morgan fingerprint density at radius 1 is 0.526 bits per heavy atom. The van der Waals surface area contributed by atoms with E-state index in [1.165, 1.54) is 57.8 Å². The van der Waals surface area contributed by atoms with Gasteiger partial charge in [-0.1, -0.05) is 98.8 Å². The van der Waals surface area contributed by atoms with E-state index in [-0.39, 0.29) is 74.1 Å². The van der Waals surface area contributed by atoms with Crippen molar-refractivity contribution in [1.29, 1.82) is 0 Å². The van der Waals surface area contributed by atoms with Gasteiger partial charge in [-0.3, -0.25) is 0 Å². The van der Waals surface area contributed by atoms with Crippen LogP contribution >= 0.6 is 16.1 Å². The molecule has 3 atom stereocenters. The van der Waals surface area contributed by atoms with Crippen molar-refractivity contribution in [2.75, 3.05) is 6.16 Å². The molecule has 6 aromatic carbocycles. The predicted molar refractivity (Wildman–Crippen MR) is 250 cm³/mol. The minimum atomic E-state index is -1.34. The fourth-order valence-electron chi connectivity index (χ4n) is 8.49. The van der Waals surface area contributed by atoms with Crippen LogP contribution in [-0.4, -0.2) is 12.3 Å². The molecule has 57 heavy (non-hydrogen) atoms. The SMILES string of the molecule is CC1(C)C2CCC1(C[PH+](c1ccccc1)c1ccccc1)C(O[PH+](c1ccccc1)c1ccccc1)C2.[CH3-].[CH3-].[CH3-].[CH3-].[Co+2].[Co].c1ccc([CH-][CH-]c2ccccc2)cc1. The third-order valence-electron chi connectivity index (χ3n) is 11.5. The maximum absolute atomic E-state index is 7.45. The van der Waals surface area contributed by atoms with Crippen LogP contribution in [0.25, 0.3) is 0 Å². The number of benzene rings is 6. The van der Waals surface area contributed by atoms with Crippen LogP contribution in [0, 0.1) is 59.3 Å². The van der Waals surface area contributed by atoms with Crippen molar-refractivity contribution in [1.82, 2.24) is 0 Å². The Morgan fingerprint density at radius 3 is 1.21 bits per heavy atom. The molecule has 2 radical (unpaired) electrons. The summed E-state index contributed by atoms with van der Waals surface area (Å²) in [6, 6.07) is 65.3. The zero-order valence-corrected chi connectivity index (χ0v) is 38.6. The number of hydrogen-bond acceptors (Lipinski definition) is 1. The van der Waals surface area contributed by atoms with Gasteiger partial charge in [0.25, 0.3) is 0 Å². The quantitative estimate of drug-likeness (QED) is 0.0930. The minimum Gasteiger partial charge on any atom is -0.358 e. The van der Waals surface area contributed by atoms with Gasteiger partial charge in [0.1, 0.15) is 16.7 Å². The summed E-state index contributed by atoms with van der Waals surface area (Å²) in [6.07, 6.45) is 9.58. The molecule has 2 aliphatic carbocycles. The van der Waals surface area contributed by atoms with Crippen LogP contribution in [0.5, 0.6) is 0 Å². The molecule has 0 heterocycles. The molecule has 2 saturated carbocycles. The fourth-order valence-corrected chi connectivity index (χ4v) is 14.1. The second-order valence-corrected chi connectivity index (χ2v) is 19.1. The zero-order valence-electron chi connectivity index (χ0n) is 34.5. The van der Waals surface area contributed by atoms with E-state index in [4.69, 9.17) is 4.52 Å². The summed E-state index contributed by atoms with van der Waals surface area (Å²) in [5, 5.41) is 5.75. The molecule has 5 heteroatoms. The van der Waals surface area contributed by atoms with Gasteiger partial charge in [0.05, 0.1) is 24.7 Å². The second kappa shape index (κ2) is 24.7. The van der Waals surface area contributed by atoms with Crippen molar-refractivity contribution in [2.45, 2.75) is 39.2 Å². The topological polar surface area (TPSA) is 9.23 Å². The van der Waals surface area contributed by atoms with E-state index in [9.17, 15) is 0 Å². The molecule has 2 fully saturated rings. The van der Waals surface area contributed by atoms with Crippen LogP contribution in [0.2, 0.25) is 0 Å². The Morgan fingerprint density at radius 2 is 0.860 bits per heavy atom. The standard InChI is InChI=1S/C34H36OP2.C14H12.4CH3.2Co/c1-33(2)27-23-24-34(33,26-36(28-15-7-3-8-16-28)29-17-9-4-10-18-29)32(25-27)35-37(30-19-11-5-12-20-30)31-21-13-6-14-22-31;1-3-7-13(8-4-1)11-12-14-9-5-2-6-10-14;;;;;;/h3-22,27,32H,23-26H2,1-2H3;1-12H;4*1H3;;/q;-2;4*-1;;+2/p+2. The van der Waals surface area contributed by atoms with Gasteiger partial charge in [-0.15, -0.1) is 24.3 Å². The summed E-state index contributed by atoms with van der Waals surface area (Å²) in [4.78, 5) is 0. The Bertz CT molecular complexity index is 1790. The molecule has 3 unspecified atom stereocenters. The third kappa shape index (κ3) is 12.2. The second-order valence-electron chi connectivity index (χ2n) is 14.6. The van der Waals surface area contributed by atoms with E-state index in [1.807, 2.05) is 36.4 Å². The van der Waals surface area contributed by atoms with Crippen molar-refractivity contribution in [3.8, 4) is 0 Å². The van der Waals surface area contributed by atoms with Gasteiger partial charge in [-0.2, -0.15) is 24.3 Å². The minimum absolute atomic E-state index is 0. The number of fused-ring (bicyclic) bond motifs is 2. The first-order valence-electron chi connectivity index (χ1n) is 18.4. The molecule has 0 N–H and O–H groups in total. The molecule has 0 spiro atoms. The third-order valence-corrected chi connectivity index (χ3v) is 16.8. The first-order chi connectivity index (χ1) is 25.0. The van der Waals surface area contributed by atoms with Crippen LogP contribution in [0.3, 0.4) is 0 Å². The van der Waals surface area contributed by atoms with Gasteiger partial charge in [-0.25, -0.2) is 28.5 Å². The fraction of sp³-hybridized carbons (Fsp3) is 0.192. The van der Waals surface area contributed by atoms with Crippen LogP contribution in [0.15, 0.2) is 182 Å². The van der Waals surface area contributed by atoms with Gasteiger partial charge in [0.15, 0.2) is 8.15 Å². The van der Waals surface area contributed by atoms with Crippen molar-refractivity contribution >= 4 is 37.3 Å². The Kier molecular flexibility index (Phi) is 22.5. The largest absolute Gasteiger partial charge is 2.00 e. The van der Waals surface area contributed by atoms with Crippen molar-refractivity contribution in [3.63, 3.8) is 0 Å². The van der Waals surface area contributed by atoms with Gasteiger partial charge in [-0.05, 0) is 79.1 Å². The number of hydrogen-bond donors (Lipinski definition) is 0. The monoisotopic (exact) mass is 882 g/mol. The molecular weight excluding hydrogens is 820 g/mol. The van der Waals surface area contributed by atoms with Gasteiger partial charge in [0, 0.05) is 22.2 Å². The van der Waals surface area contributed by atoms with E-state index < -0.39 is 16.1 Å².